The highest BCUT2D eigenvalue weighted by atomic mass is 16.5. The number of carboxylic acids is 1. The fraction of sp³-hybridized carbons (Fsp3) is 0.370. The van der Waals surface area contributed by atoms with Gasteiger partial charge in [-0.1, -0.05) is 48.5 Å². The van der Waals surface area contributed by atoms with Crippen LogP contribution in [0.2, 0.25) is 0 Å². The van der Waals surface area contributed by atoms with Crippen molar-refractivity contribution in [2.45, 2.75) is 31.3 Å². The van der Waals surface area contributed by atoms with Gasteiger partial charge in [0.15, 0.2) is 0 Å². The number of ether oxygens (including phenoxy) is 1. The van der Waals surface area contributed by atoms with Crippen molar-refractivity contribution in [2.24, 2.45) is 0 Å². The van der Waals surface area contributed by atoms with Gasteiger partial charge in [-0.3, -0.25) is 14.5 Å². The van der Waals surface area contributed by atoms with Gasteiger partial charge < -0.3 is 20.1 Å². The van der Waals surface area contributed by atoms with Crippen LogP contribution in [0.4, 0.5) is 4.79 Å². The molecule has 182 valence electrons. The largest absolute Gasteiger partial charge is 0.480 e. The first-order valence-corrected chi connectivity index (χ1v) is 11.6. The molecule has 2 N–H and O–H groups in total. The van der Waals surface area contributed by atoms with E-state index in [-0.39, 0.29) is 31.4 Å². The molecule has 2 amide bonds. The first kappa shape index (κ1) is 24.3. The van der Waals surface area contributed by atoms with Crippen molar-refractivity contribution >= 4 is 18.0 Å². The van der Waals surface area contributed by atoms with E-state index in [9.17, 15) is 19.5 Å². The molecule has 1 aliphatic carbocycles. The second-order valence-corrected chi connectivity index (χ2v) is 8.77. The van der Waals surface area contributed by atoms with E-state index in [1.807, 2.05) is 36.4 Å². The molecule has 2 aliphatic rings. The van der Waals surface area contributed by atoms with Gasteiger partial charge in [-0.25, -0.2) is 4.79 Å². The van der Waals surface area contributed by atoms with Crippen molar-refractivity contribution in [2.75, 3.05) is 33.3 Å². The summed E-state index contributed by atoms with van der Waals surface area (Å²) < 4.78 is 5.59. The minimum atomic E-state index is -0.987. The van der Waals surface area contributed by atoms with Crippen LogP contribution in [0.3, 0.4) is 0 Å². The van der Waals surface area contributed by atoms with E-state index in [2.05, 4.69) is 29.3 Å². The van der Waals surface area contributed by atoms with Crippen molar-refractivity contribution < 1.29 is 24.2 Å². The lowest BCUT2D eigenvalue weighted by atomic mass is 9.98. The highest BCUT2D eigenvalue weighted by molar-refractivity contribution is 5.87. The Morgan fingerprint density at radius 2 is 1.71 bits per heavy atom. The van der Waals surface area contributed by atoms with E-state index in [1.165, 1.54) is 4.90 Å². The minimum absolute atomic E-state index is 0.0487. The molecule has 1 aliphatic heterocycles. The average molecular weight is 476 g/mol. The van der Waals surface area contributed by atoms with Gasteiger partial charge in [0.25, 0.3) is 0 Å². The van der Waals surface area contributed by atoms with E-state index in [0.717, 1.165) is 22.3 Å². The lowest BCUT2D eigenvalue weighted by Crippen LogP contribution is -2.59. The van der Waals surface area contributed by atoms with Gasteiger partial charge in [-0.05, 0) is 36.2 Å². The van der Waals surface area contributed by atoms with Crippen molar-refractivity contribution in [1.29, 1.82) is 0 Å². The number of fused-ring (bicyclic) bond motifs is 3. The van der Waals surface area contributed by atoms with Crippen molar-refractivity contribution in [3.63, 3.8) is 0 Å². The SMILES string of the molecule is CC#CCC(NC(=O)OCC1c2ccccc2-c2ccccc21)C(=O)N1CCN(C)C(C(=O)O)C1. The topological polar surface area (TPSA) is 99.2 Å². The predicted molar refractivity (Wildman–Crippen MR) is 131 cm³/mol. The lowest BCUT2D eigenvalue weighted by Gasteiger charge is -2.38. The third-order valence-corrected chi connectivity index (χ3v) is 6.66. The Kier molecular flexibility index (Phi) is 7.37. The number of likely N-dealkylation sites (N-methyl/N-ethyl adjacent to an activating group) is 1. The molecule has 0 saturated carbocycles. The maximum atomic E-state index is 13.2. The predicted octanol–water partition coefficient (Wildman–Crippen LogP) is 2.53. The Morgan fingerprint density at radius 3 is 2.31 bits per heavy atom. The Morgan fingerprint density at radius 1 is 1.09 bits per heavy atom. The number of rotatable bonds is 6. The van der Waals surface area contributed by atoms with Gasteiger partial charge in [0, 0.05) is 32.0 Å². The third-order valence-electron chi connectivity index (χ3n) is 6.66. The minimum Gasteiger partial charge on any atom is -0.480 e. The molecule has 2 unspecified atom stereocenters. The second-order valence-electron chi connectivity index (χ2n) is 8.77. The first-order valence-electron chi connectivity index (χ1n) is 11.6. The Hall–Kier alpha value is -3.83. The summed E-state index contributed by atoms with van der Waals surface area (Å²) >= 11 is 0. The monoisotopic (exact) mass is 475 g/mol. The van der Waals surface area contributed by atoms with E-state index >= 15 is 0 Å². The van der Waals surface area contributed by atoms with Gasteiger partial charge >= 0.3 is 12.1 Å². The number of nitrogens with zero attached hydrogens (tertiary/aromatic N) is 2. The molecule has 0 radical (unpaired) electrons. The zero-order valence-corrected chi connectivity index (χ0v) is 19.9. The van der Waals surface area contributed by atoms with Gasteiger partial charge in [0.2, 0.25) is 5.91 Å². The summed E-state index contributed by atoms with van der Waals surface area (Å²) in [6.07, 6.45) is -0.587. The summed E-state index contributed by atoms with van der Waals surface area (Å²) in [7, 11) is 1.72. The molecule has 1 fully saturated rings. The number of hydrogen-bond acceptors (Lipinski definition) is 5. The molecule has 0 aromatic heterocycles. The Balaban J connectivity index is 1.43. The number of carboxylic acid groups (broad SMARTS) is 1. The average Bonchev–Trinajstić information content (AvgIpc) is 3.18. The van der Waals surface area contributed by atoms with E-state index in [0.29, 0.717) is 13.1 Å². The van der Waals surface area contributed by atoms with Crippen LogP contribution in [0.1, 0.15) is 30.4 Å². The fourth-order valence-corrected chi connectivity index (χ4v) is 4.75. The van der Waals surface area contributed by atoms with Crippen LogP contribution in [0.15, 0.2) is 48.5 Å². The number of aliphatic carboxylic acids is 1. The van der Waals surface area contributed by atoms with Gasteiger partial charge in [0.05, 0.1) is 0 Å². The van der Waals surface area contributed by atoms with Crippen LogP contribution in [0.5, 0.6) is 0 Å². The first-order chi connectivity index (χ1) is 16.9. The van der Waals surface area contributed by atoms with Crippen LogP contribution < -0.4 is 5.32 Å². The molecule has 0 spiro atoms. The van der Waals surface area contributed by atoms with Gasteiger partial charge in [-0.2, -0.15) is 0 Å². The van der Waals surface area contributed by atoms with E-state index in [1.54, 1.807) is 18.9 Å². The van der Waals surface area contributed by atoms with Crippen LogP contribution in [-0.2, 0) is 14.3 Å². The molecular formula is C27H29N3O5. The summed E-state index contributed by atoms with van der Waals surface area (Å²) in [6.45, 7) is 2.65. The van der Waals surface area contributed by atoms with Crippen LogP contribution >= 0.6 is 0 Å². The van der Waals surface area contributed by atoms with Crippen molar-refractivity contribution in [1.82, 2.24) is 15.1 Å². The smallest absolute Gasteiger partial charge is 0.407 e. The number of piperazine rings is 1. The number of benzene rings is 2. The molecule has 2 aromatic carbocycles. The molecular weight excluding hydrogens is 446 g/mol. The number of nitrogens with one attached hydrogen (secondary N) is 1. The molecule has 0 bridgehead atoms. The molecule has 35 heavy (non-hydrogen) atoms. The fourth-order valence-electron chi connectivity index (χ4n) is 4.75. The molecule has 8 heteroatoms. The number of alkyl carbamates (subject to hydrolysis) is 1. The number of amides is 2. The molecule has 4 rings (SSSR count). The second kappa shape index (κ2) is 10.6. The van der Waals surface area contributed by atoms with Crippen LogP contribution in [0.25, 0.3) is 11.1 Å². The quantitative estimate of drug-likeness (QED) is 0.623. The van der Waals surface area contributed by atoms with Crippen molar-refractivity contribution in [3.05, 3.63) is 59.7 Å². The van der Waals surface area contributed by atoms with Crippen LogP contribution in [0, 0.1) is 11.8 Å². The van der Waals surface area contributed by atoms with Gasteiger partial charge in [-0.15, -0.1) is 11.8 Å². The molecule has 2 aromatic rings. The van der Waals surface area contributed by atoms with E-state index < -0.39 is 24.1 Å². The summed E-state index contributed by atoms with van der Waals surface area (Å²) in [5.74, 6) is 4.15. The molecule has 8 nitrogen and oxygen atoms in total. The van der Waals surface area contributed by atoms with Gasteiger partial charge in [0.1, 0.15) is 18.7 Å². The zero-order valence-electron chi connectivity index (χ0n) is 19.9. The number of carbonyl (C=O) groups excluding carboxylic acids is 2. The zero-order chi connectivity index (χ0) is 24.9. The highest BCUT2D eigenvalue weighted by Gasteiger charge is 2.35. The Bertz CT molecular complexity index is 1140. The third kappa shape index (κ3) is 5.15. The molecule has 1 heterocycles. The lowest BCUT2D eigenvalue weighted by molar-refractivity contribution is -0.148. The maximum absolute atomic E-state index is 13.2. The van der Waals surface area contributed by atoms with Crippen molar-refractivity contribution in [3.8, 4) is 23.0 Å². The number of carbonyl (C=O) groups is 3. The summed E-state index contributed by atoms with van der Waals surface area (Å²) in [5.41, 5.74) is 4.46. The summed E-state index contributed by atoms with van der Waals surface area (Å²) in [6, 6.07) is 14.4. The normalized spacial score (nSPS) is 18.0. The number of hydrogen-bond donors (Lipinski definition) is 2. The standard InChI is InChI=1S/C27H29N3O5/c1-3-4-13-23(25(31)30-15-14-29(2)24(16-30)26(32)33)28-27(34)35-17-22-20-11-7-5-9-18(20)19-10-6-8-12-21(19)22/h5-12,22-24H,13-17H2,1-2H3,(H,28,34)(H,32,33). The Labute approximate surface area is 204 Å². The maximum Gasteiger partial charge on any atom is 0.407 e. The summed E-state index contributed by atoms with van der Waals surface area (Å²) in [5, 5.41) is 12.1. The molecule has 2 atom stereocenters. The summed E-state index contributed by atoms with van der Waals surface area (Å²) in [4.78, 5) is 40.7. The molecule has 1 saturated heterocycles. The van der Waals surface area contributed by atoms with Crippen LogP contribution in [-0.4, -0.2) is 78.2 Å². The van der Waals surface area contributed by atoms with E-state index in [4.69, 9.17) is 4.74 Å². The highest BCUT2D eigenvalue weighted by Crippen LogP contribution is 2.44.